The van der Waals surface area contributed by atoms with Gasteiger partial charge in [-0.15, -0.1) is 0 Å². The van der Waals surface area contributed by atoms with Crippen molar-refractivity contribution in [1.29, 1.82) is 0 Å². The van der Waals surface area contributed by atoms with Crippen molar-refractivity contribution in [3.8, 4) is 0 Å². The van der Waals surface area contributed by atoms with Crippen molar-refractivity contribution in [3.05, 3.63) is 23.8 Å². The number of ether oxygens (including phenoxy) is 1. The topological polar surface area (TPSA) is 138 Å². The van der Waals surface area contributed by atoms with Crippen LogP contribution in [0.3, 0.4) is 0 Å². The van der Waals surface area contributed by atoms with Crippen LogP contribution in [-0.4, -0.2) is 62.3 Å². The molecule has 8 atom stereocenters. The summed E-state index contributed by atoms with van der Waals surface area (Å²) in [7, 11) is 0. The molecule has 32 heavy (non-hydrogen) atoms. The Balaban J connectivity index is 1.86. The minimum Gasteiger partial charge on any atom is -0.475 e. The third-order valence-corrected chi connectivity index (χ3v) is 8.68. The molecule has 0 radical (unpaired) electrons. The molecule has 2 unspecified atom stereocenters. The quantitative estimate of drug-likeness (QED) is 0.432. The second-order valence-electron chi connectivity index (χ2n) is 10.00. The maximum atomic E-state index is 17.0. The van der Waals surface area contributed by atoms with Crippen molar-refractivity contribution in [2.75, 3.05) is 0 Å². The predicted octanol–water partition coefficient (Wildman–Crippen LogP) is 1.28. The summed E-state index contributed by atoms with van der Waals surface area (Å²) in [5.41, 5.74) is -7.10. The summed E-state index contributed by atoms with van der Waals surface area (Å²) < 4.78 is 22.2. The highest BCUT2D eigenvalue weighted by Crippen LogP contribution is 2.70. The summed E-state index contributed by atoms with van der Waals surface area (Å²) in [6.45, 7) is 4.15. The van der Waals surface area contributed by atoms with E-state index in [2.05, 4.69) is 0 Å². The van der Waals surface area contributed by atoms with Crippen LogP contribution < -0.4 is 0 Å². The van der Waals surface area contributed by atoms with Gasteiger partial charge in [-0.2, -0.15) is 0 Å². The van der Waals surface area contributed by atoms with Crippen LogP contribution in [0.15, 0.2) is 23.8 Å². The van der Waals surface area contributed by atoms with Crippen molar-refractivity contribution in [2.45, 2.75) is 69.9 Å². The SMILES string of the molecule is CC(=O)OC1C[C@H]2[C@@H]3CCC4=CC(=O)C=C[C@]4(C)C3(F)[C@H](O)C[C@]2(C)[C@@]1(O)C(=O)C(=O)O. The van der Waals surface area contributed by atoms with Gasteiger partial charge in [-0.05, 0) is 50.7 Å². The Kier molecular flexibility index (Phi) is 4.85. The van der Waals surface area contributed by atoms with Crippen LogP contribution in [0.2, 0.25) is 0 Å². The van der Waals surface area contributed by atoms with E-state index in [1.807, 2.05) is 0 Å². The standard InChI is InChI=1S/C23H27FO8/c1-11(25)32-17-9-15-14-5-4-12-8-13(26)6-7-20(12,2)22(14,24)16(27)10-21(15,3)23(17,31)18(28)19(29)30/h6-8,14-17,27,31H,4-5,9-10H2,1-3H3,(H,29,30)/t14-,15-,16+,17?,20-,21-,22?,23-/m0/s1. The molecular weight excluding hydrogens is 423 g/mol. The smallest absolute Gasteiger partial charge is 0.375 e. The average molecular weight is 450 g/mol. The third kappa shape index (κ3) is 2.55. The molecule has 0 aromatic heterocycles. The van der Waals surface area contributed by atoms with Crippen LogP contribution in [0.25, 0.3) is 0 Å². The fraction of sp³-hybridized carbons (Fsp3) is 0.652. The number of esters is 1. The van der Waals surface area contributed by atoms with Gasteiger partial charge in [-0.3, -0.25) is 14.4 Å². The zero-order valence-electron chi connectivity index (χ0n) is 18.1. The van der Waals surface area contributed by atoms with Gasteiger partial charge >= 0.3 is 11.9 Å². The first-order chi connectivity index (χ1) is 14.7. The average Bonchev–Trinajstić information content (AvgIpc) is 2.91. The molecule has 0 spiro atoms. The number of aliphatic hydroxyl groups excluding tert-OH is 1. The fourth-order valence-corrected chi connectivity index (χ4v) is 7.10. The molecule has 4 aliphatic carbocycles. The molecule has 4 aliphatic rings. The Bertz CT molecular complexity index is 986. The number of rotatable bonds is 3. The Hall–Kier alpha value is -2.39. The van der Waals surface area contributed by atoms with Crippen molar-refractivity contribution in [3.63, 3.8) is 0 Å². The minimum absolute atomic E-state index is 0.119. The van der Waals surface area contributed by atoms with Crippen molar-refractivity contribution < 1.29 is 43.6 Å². The Morgan fingerprint density at radius 3 is 2.47 bits per heavy atom. The lowest BCUT2D eigenvalue weighted by atomic mass is 9.44. The number of ketones is 2. The summed E-state index contributed by atoms with van der Waals surface area (Å²) in [4.78, 5) is 47.9. The second kappa shape index (κ2) is 6.81. The summed E-state index contributed by atoms with van der Waals surface area (Å²) in [6.07, 6.45) is 1.04. The second-order valence-corrected chi connectivity index (χ2v) is 10.00. The maximum Gasteiger partial charge on any atom is 0.375 e. The lowest BCUT2D eigenvalue weighted by molar-refractivity contribution is -0.223. The molecule has 0 bridgehead atoms. The molecule has 3 saturated carbocycles. The van der Waals surface area contributed by atoms with Gasteiger partial charge in [0.15, 0.2) is 17.1 Å². The molecule has 174 valence electrons. The Morgan fingerprint density at radius 1 is 1.22 bits per heavy atom. The normalized spacial score (nSPS) is 47.1. The number of allylic oxidation sites excluding steroid dienone is 4. The highest BCUT2D eigenvalue weighted by molar-refractivity contribution is 6.36. The third-order valence-electron chi connectivity index (χ3n) is 8.68. The van der Waals surface area contributed by atoms with E-state index in [1.165, 1.54) is 25.2 Å². The van der Waals surface area contributed by atoms with Crippen molar-refractivity contribution >= 4 is 23.5 Å². The van der Waals surface area contributed by atoms with E-state index in [0.29, 0.717) is 12.0 Å². The van der Waals surface area contributed by atoms with E-state index in [-0.39, 0.29) is 18.6 Å². The number of aliphatic hydroxyl groups is 2. The minimum atomic E-state index is -2.62. The number of halogens is 1. The van der Waals surface area contributed by atoms with E-state index in [0.717, 1.165) is 6.92 Å². The maximum absolute atomic E-state index is 17.0. The van der Waals surface area contributed by atoms with E-state index in [4.69, 9.17) is 4.74 Å². The number of carboxylic acid groups (broad SMARTS) is 1. The van der Waals surface area contributed by atoms with Crippen LogP contribution in [0.1, 0.15) is 46.5 Å². The first-order valence-corrected chi connectivity index (χ1v) is 10.7. The summed E-state index contributed by atoms with van der Waals surface area (Å²) >= 11 is 0. The molecule has 4 rings (SSSR count). The number of hydrogen-bond donors (Lipinski definition) is 3. The number of carbonyl (C=O) groups is 4. The summed E-state index contributed by atoms with van der Waals surface area (Å²) in [5, 5.41) is 32.1. The summed E-state index contributed by atoms with van der Waals surface area (Å²) in [6, 6.07) is 0. The van der Waals surface area contributed by atoms with Crippen molar-refractivity contribution in [1.82, 2.24) is 0 Å². The van der Waals surface area contributed by atoms with Crippen molar-refractivity contribution in [2.24, 2.45) is 22.7 Å². The van der Waals surface area contributed by atoms with E-state index in [1.54, 1.807) is 6.92 Å². The van der Waals surface area contributed by atoms with Gasteiger partial charge in [0.25, 0.3) is 5.78 Å². The van der Waals surface area contributed by atoms with Crippen LogP contribution in [0, 0.1) is 22.7 Å². The van der Waals surface area contributed by atoms with E-state index < -0.39 is 70.3 Å². The van der Waals surface area contributed by atoms with Gasteiger partial charge in [0.05, 0.1) is 6.10 Å². The van der Waals surface area contributed by atoms with E-state index in [9.17, 15) is 34.5 Å². The highest BCUT2D eigenvalue weighted by atomic mass is 19.1. The molecule has 3 N–H and O–H groups in total. The number of fused-ring (bicyclic) bond motifs is 5. The molecule has 8 nitrogen and oxygen atoms in total. The molecule has 0 amide bonds. The molecule has 0 aromatic carbocycles. The number of carbonyl (C=O) groups excluding carboxylic acids is 3. The van der Waals surface area contributed by atoms with E-state index >= 15 is 4.39 Å². The molecule has 0 aliphatic heterocycles. The summed E-state index contributed by atoms with van der Waals surface area (Å²) in [5.74, 6) is -6.13. The monoisotopic (exact) mass is 450 g/mol. The first kappa shape index (κ1) is 22.8. The number of aliphatic carboxylic acids is 1. The number of alkyl halides is 1. The molecule has 3 fully saturated rings. The van der Waals surface area contributed by atoms with Gasteiger partial charge in [0.2, 0.25) is 0 Å². The highest BCUT2D eigenvalue weighted by Gasteiger charge is 2.77. The predicted molar refractivity (Wildman–Crippen MR) is 107 cm³/mol. The molecular formula is C23H27FO8. The van der Waals surface area contributed by atoms with Gasteiger partial charge < -0.3 is 20.1 Å². The number of hydrogen-bond acceptors (Lipinski definition) is 7. The lowest BCUT2D eigenvalue weighted by Crippen LogP contribution is -2.70. The van der Waals surface area contributed by atoms with Crippen LogP contribution in [0.5, 0.6) is 0 Å². The fourth-order valence-electron chi connectivity index (χ4n) is 7.10. The van der Waals surface area contributed by atoms with Gasteiger partial charge in [-0.25, -0.2) is 9.18 Å². The molecule has 9 heteroatoms. The molecule has 0 aromatic rings. The zero-order valence-corrected chi connectivity index (χ0v) is 18.1. The Labute approximate surface area is 184 Å². The van der Waals surface area contributed by atoms with Gasteiger partial charge in [0.1, 0.15) is 6.10 Å². The first-order valence-electron chi connectivity index (χ1n) is 10.7. The van der Waals surface area contributed by atoms with Gasteiger partial charge in [0, 0.05) is 23.7 Å². The number of carboxylic acids is 1. The lowest BCUT2D eigenvalue weighted by Gasteiger charge is -2.62. The van der Waals surface area contributed by atoms with Crippen LogP contribution in [0.4, 0.5) is 4.39 Å². The molecule has 0 heterocycles. The zero-order chi connectivity index (χ0) is 23.9. The van der Waals surface area contributed by atoms with Gasteiger partial charge in [-0.1, -0.05) is 18.6 Å². The Morgan fingerprint density at radius 2 is 1.88 bits per heavy atom. The van der Waals surface area contributed by atoms with Crippen LogP contribution in [-0.2, 0) is 23.9 Å². The number of Topliss-reactive ketones (excluding diaryl/α,β-unsaturated/α-hetero) is 1. The largest absolute Gasteiger partial charge is 0.475 e. The van der Waals surface area contributed by atoms with Crippen LogP contribution >= 0.6 is 0 Å². The molecule has 0 saturated heterocycles.